The van der Waals surface area contributed by atoms with Gasteiger partial charge in [0.2, 0.25) is 0 Å². The highest BCUT2D eigenvalue weighted by molar-refractivity contribution is 14.1. The number of alkyl halides is 5. The summed E-state index contributed by atoms with van der Waals surface area (Å²) in [5, 5.41) is 0. The van der Waals surface area contributed by atoms with Crippen LogP contribution in [0, 0.1) is 3.70 Å². The Morgan fingerprint density at radius 1 is 1.10 bits per heavy atom. The van der Waals surface area contributed by atoms with Gasteiger partial charge in [0.05, 0.1) is 5.69 Å². The van der Waals surface area contributed by atoms with Crippen molar-refractivity contribution in [2.45, 2.75) is 38.3 Å². The van der Waals surface area contributed by atoms with E-state index in [1.807, 2.05) is 43.4 Å². The number of hydrogen-bond donors (Lipinski definition) is 0. The molecule has 0 atom stereocenters. The summed E-state index contributed by atoms with van der Waals surface area (Å²) in [5.41, 5.74) is -1.10. The summed E-state index contributed by atoms with van der Waals surface area (Å²) in [5.74, 6) is -5.01. The molecule has 0 aromatic carbocycles. The highest BCUT2D eigenvalue weighted by atomic mass is 127. The Hall–Kier alpha value is -1.00. The molecular formula is C12H11F5IN3. The van der Waals surface area contributed by atoms with Crippen LogP contribution in [0.3, 0.4) is 0 Å². The van der Waals surface area contributed by atoms with E-state index < -0.39 is 17.8 Å². The molecule has 0 spiro atoms. The van der Waals surface area contributed by atoms with Gasteiger partial charge < -0.3 is 0 Å². The van der Waals surface area contributed by atoms with Gasteiger partial charge in [0.1, 0.15) is 21.4 Å². The molecule has 0 radical (unpaired) electrons. The number of hydrogen-bond acceptors (Lipinski definition) is 2. The van der Waals surface area contributed by atoms with Crippen LogP contribution in [-0.2, 0) is 11.3 Å². The molecule has 2 rings (SSSR count). The summed E-state index contributed by atoms with van der Waals surface area (Å²) < 4.78 is 65.7. The molecule has 2 aromatic heterocycles. The lowest BCUT2D eigenvalue weighted by Crippen LogP contribution is -2.34. The van der Waals surface area contributed by atoms with E-state index in [9.17, 15) is 22.0 Å². The number of fused-ring (bicyclic) bond motifs is 1. The molecule has 0 saturated heterocycles. The fourth-order valence-corrected chi connectivity index (χ4v) is 3.02. The van der Waals surface area contributed by atoms with Crippen molar-refractivity contribution in [3.05, 3.63) is 27.5 Å². The molecule has 0 aliphatic carbocycles. The van der Waals surface area contributed by atoms with Crippen LogP contribution in [0.2, 0.25) is 0 Å². The van der Waals surface area contributed by atoms with Gasteiger partial charge in [0.25, 0.3) is 0 Å². The van der Waals surface area contributed by atoms with Gasteiger partial charge in [-0.2, -0.15) is 22.0 Å². The minimum Gasteiger partial charge on any atom is -0.278 e. The SMILES string of the molecule is CC(C)(C)c1nc2cc(C(F)(F)C(F)(F)F)ncn2c1I. The van der Waals surface area contributed by atoms with E-state index in [2.05, 4.69) is 9.97 Å². The molecule has 0 N–H and O–H groups in total. The quantitative estimate of drug-likeness (QED) is 0.510. The molecule has 3 nitrogen and oxygen atoms in total. The third-order valence-corrected chi connectivity index (χ3v) is 3.88. The molecule has 21 heavy (non-hydrogen) atoms. The number of imidazole rings is 1. The second kappa shape index (κ2) is 4.75. The maximum Gasteiger partial charge on any atom is 0.459 e. The molecule has 0 unspecified atom stereocenters. The fourth-order valence-electron chi connectivity index (χ4n) is 1.71. The monoisotopic (exact) mass is 419 g/mol. The molecule has 0 bridgehead atoms. The Bertz CT molecular complexity index is 684. The number of halogens is 6. The van der Waals surface area contributed by atoms with Crippen molar-refractivity contribution in [1.29, 1.82) is 0 Å². The average molecular weight is 419 g/mol. The van der Waals surface area contributed by atoms with Crippen molar-refractivity contribution >= 4 is 28.2 Å². The first-order valence-electron chi connectivity index (χ1n) is 5.85. The van der Waals surface area contributed by atoms with Gasteiger partial charge in [-0.25, -0.2) is 9.97 Å². The standard InChI is InChI=1S/C12H11F5IN3/c1-10(2,3)8-9(18)21-5-19-6(4-7(21)20-8)11(13,14)12(15,16)17/h4-5H,1-3H3. The first kappa shape index (κ1) is 16.4. The first-order valence-corrected chi connectivity index (χ1v) is 6.92. The molecule has 0 fully saturated rings. The lowest BCUT2D eigenvalue weighted by molar-refractivity contribution is -0.290. The normalized spacial score (nSPS) is 14.0. The van der Waals surface area contributed by atoms with Crippen molar-refractivity contribution in [3.8, 4) is 0 Å². The zero-order valence-electron chi connectivity index (χ0n) is 11.3. The Labute approximate surface area is 130 Å². The smallest absolute Gasteiger partial charge is 0.278 e. The number of rotatable bonds is 1. The Balaban J connectivity index is 2.64. The van der Waals surface area contributed by atoms with E-state index in [0.717, 1.165) is 6.33 Å². The average Bonchev–Trinajstić information content (AvgIpc) is 2.64. The summed E-state index contributed by atoms with van der Waals surface area (Å²) in [4.78, 5) is 7.40. The van der Waals surface area contributed by atoms with Crippen LogP contribution in [0.25, 0.3) is 5.65 Å². The lowest BCUT2D eigenvalue weighted by Gasteiger charge is -2.18. The summed E-state index contributed by atoms with van der Waals surface area (Å²) in [6, 6.07) is 0.672. The Kier molecular flexibility index (Phi) is 3.70. The topological polar surface area (TPSA) is 30.2 Å². The second-order valence-electron chi connectivity index (χ2n) is 5.58. The molecular weight excluding hydrogens is 408 g/mol. The summed E-state index contributed by atoms with van der Waals surface area (Å²) in [7, 11) is 0. The van der Waals surface area contributed by atoms with E-state index in [4.69, 9.17) is 0 Å². The van der Waals surface area contributed by atoms with Crippen molar-refractivity contribution in [2.75, 3.05) is 0 Å². The van der Waals surface area contributed by atoms with E-state index in [1.54, 1.807) is 0 Å². The van der Waals surface area contributed by atoms with Crippen LogP contribution in [0.1, 0.15) is 32.2 Å². The minimum atomic E-state index is -5.69. The maximum absolute atomic E-state index is 13.3. The predicted molar refractivity (Wildman–Crippen MR) is 74.4 cm³/mol. The van der Waals surface area contributed by atoms with Crippen molar-refractivity contribution in [3.63, 3.8) is 0 Å². The van der Waals surface area contributed by atoms with Crippen LogP contribution < -0.4 is 0 Å². The largest absolute Gasteiger partial charge is 0.459 e. The molecule has 0 aliphatic rings. The maximum atomic E-state index is 13.3. The van der Waals surface area contributed by atoms with Crippen molar-refractivity contribution in [2.24, 2.45) is 0 Å². The summed E-state index contributed by atoms with van der Waals surface area (Å²) in [6.45, 7) is 5.61. The van der Waals surface area contributed by atoms with Crippen molar-refractivity contribution in [1.82, 2.24) is 14.4 Å². The van der Waals surface area contributed by atoms with E-state index in [1.165, 1.54) is 4.40 Å². The molecule has 0 aliphatic heterocycles. The zero-order valence-corrected chi connectivity index (χ0v) is 13.4. The molecule has 2 aromatic rings. The third kappa shape index (κ3) is 2.71. The first-order chi connectivity index (χ1) is 9.35. The molecule has 0 amide bonds. The molecule has 116 valence electrons. The van der Waals surface area contributed by atoms with Crippen LogP contribution >= 0.6 is 22.6 Å². The van der Waals surface area contributed by atoms with Gasteiger partial charge in [-0.15, -0.1) is 0 Å². The highest BCUT2D eigenvalue weighted by Crippen LogP contribution is 2.43. The Morgan fingerprint density at radius 2 is 1.67 bits per heavy atom. The zero-order chi connectivity index (χ0) is 16.2. The van der Waals surface area contributed by atoms with E-state index in [0.29, 0.717) is 15.5 Å². The molecule has 9 heteroatoms. The van der Waals surface area contributed by atoms with E-state index >= 15 is 0 Å². The van der Waals surface area contributed by atoms with Crippen LogP contribution in [0.5, 0.6) is 0 Å². The minimum absolute atomic E-state index is 0.0123. The van der Waals surface area contributed by atoms with Crippen LogP contribution in [-0.4, -0.2) is 20.5 Å². The van der Waals surface area contributed by atoms with E-state index in [-0.39, 0.29) is 11.1 Å². The van der Waals surface area contributed by atoms with Gasteiger partial charge >= 0.3 is 12.1 Å². The van der Waals surface area contributed by atoms with Crippen molar-refractivity contribution < 1.29 is 22.0 Å². The molecule has 0 saturated carbocycles. The van der Waals surface area contributed by atoms with Gasteiger partial charge in [-0.1, -0.05) is 20.8 Å². The van der Waals surface area contributed by atoms with Gasteiger partial charge in [0.15, 0.2) is 0 Å². The lowest BCUT2D eigenvalue weighted by atomic mass is 9.93. The fraction of sp³-hybridized carbons (Fsp3) is 0.500. The molecule has 2 heterocycles. The highest BCUT2D eigenvalue weighted by Gasteiger charge is 2.60. The Morgan fingerprint density at radius 3 is 2.14 bits per heavy atom. The van der Waals surface area contributed by atoms with Crippen LogP contribution in [0.4, 0.5) is 22.0 Å². The second-order valence-corrected chi connectivity index (χ2v) is 6.60. The summed E-state index contributed by atoms with van der Waals surface area (Å²) in [6.07, 6.45) is -4.75. The predicted octanol–water partition coefficient (Wildman–Crippen LogP) is 4.29. The number of nitrogens with zero attached hydrogens (tertiary/aromatic N) is 3. The summed E-state index contributed by atoms with van der Waals surface area (Å²) >= 11 is 1.96. The van der Waals surface area contributed by atoms with Gasteiger partial charge in [-0.3, -0.25) is 4.40 Å². The van der Waals surface area contributed by atoms with Crippen LogP contribution in [0.15, 0.2) is 12.4 Å². The van der Waals surface area contributed by atoms with Gasteiger partial charge in [-0.05, 0) is 22.6 Å². The number of aromatic nitrogens is 3. The third-order valence-electron chi connectivity index (χ3n) is 2.85. The van der Waals surface area contributed by atoms with Gasteiger partial charge in [0, 0.05) is 11.5 Å².